The van der Waals surface area contributed by atoms with Gasteiger partial charge in [0.05, 0.1) is 4.90 Å². The number of sulfone groups is 1. The number of piperidine rings is 1. The molecule has 0 saturated carbocycles. The normalized spacial score (nSPS) is 18.4. The highest BCUT2D eigenvalue weighted by atomic mass is 32.2. The monoisotopic (exact) mass is 426 g/mol. The molecule has 1 fully saturated rings. The highest BCUT2D eigenvalue weighted by Gasteiger charge is 2.46. The fourth-order valence-corrected chi connectivity index (χ4v) is 4.11. The molecule has 1 aliphatic heterocycles. The molecule has 0 radical (unpaired) electrons. The van der Waals surface area contributed by atoms with Crippen molar-refractivity contribution in [2.24, 2.45) is 0 Å². The highest BCUT2D eigenvalue weighted by molar-refractivity contribution is 7.92. The summed E-state index contributed by atoms with van der Waals surface area (Å²) in [6.07, 6.45) is 1.72. The van der Waals surface area contributed by atoms with Crippen LogP contribution in [0.2, 0.25) is 0 Å². The minimum Gasteiger partial charge on any atom is -0.348 e. The zero-order valence-corrected chi connectivity index (χ0v) is 16.3. The van der Waals surface area contributed by atoms with Crippen molar-refractivity contribution in [3.8, 4) is 0 Å². The van der Waals surface area contributed by atoms with E-state index in [0.717, 1.165) is 50.2 Å². The molecular formula is C20H21F3N2O3S. The fraction of sp³-hybridized carbons (Fsp3) is 0.350. The van der Waals surface area contributed by atoms with E-state index < -0.39 is 26.1 Å². The third-order valence-electron chi connectivity index (χ3n) is 4.82. The van der Waals surface area contributed by atoms with Crippen molar-refractivity contribution in [3.05, 3.63) is 65.7 Å². The highest BCUT2D eigenvalue weighted by Crippen LogP contribution is 2.30. The predicted molar refractivity (Wildman–Crippen MR) is 102 cm³/mol. The van der Waals surface area contributed by atoms with E-state index in [1.54, 1.807) is 0 Å². The summed E-state index contributed by atoms with van der Waals surface area (Å²) in [7, 11) is -5.42. The van der Waals surface area contributed by atoms with Gasteiger partial charge in [-0.2, -0.15) is 13.2 Å². The number of halogens is 3. The molecule has 1 aliphatic rings. The van der Waals surface area contributed by atoms with E-state index in [-0.39, 0.29) is 11.6 Å². The molecule has 1 atom stereocenters. The summed E-state index contributed by atoms with van der Waals surface area (Å²) in [5.41, 5.74) is -4.08. The number of carbonyl (C=O) groups is 1. The van der Waals surface area contributed by atoms with Gasteiger partial charge in [0, 0.05) is 24.7 Å². The molecule has 9 heteroatoms. The van der Waals surface area contributed by atoms with E-state index in [9.17, 15) is 26.4 Å². The largest absolute Gasteiger partial charge is 0.501 e. The number of nitrogens with zero attached hydrogens (tertiary/aromatic N) is 1. The topological polar surface area (TPSA) is 66.5 Å². The van der Waals surface area contributed by atoms with Crippen LogP contribution in [0.25, 0.3) is 0 Å². The minimum atomic E-state index is -5.42. The van der Waals surface area contributed by atoms with Gasteiger partial charge in [-0.25, -0.2) is 8.42 Å². The summed E-state index contributed by atoms with van der Waals surface area (Å²) in [5, 5.41) is 2.89. The van der Waals surface area contributed by atoms with Gasteiger partial charge in [0.25, 0.3) is 15.7 Å². The predicted octanol–water partition coefficient (Wildman–Crippen LogP) is 3.37. The molecular weight excluding hydrogens is 405 g/mol. The zero-order valence-electron chi connectivity index (χ0n) is 15.5. The number of amides is 1. The van der Waals surface area contributed by atoms with Gasteiger partial charge in [-0.05, 0) is 49.2 Å². The summed E-state index contributed by atoms with van der Waals surface area (Å²) < 4.78 is 60.6. The van der Waals surface area contributed by atoms with Crippen LogP contribution in [0, 0.1) is 0 Å². The average molecular weight is 426 g/mol. The summed E-state index contributed by atoms with van der Waals surface area (Å²) in [6.45, 7) is 2.36. The lowest BCUT2D eigenvalue weighted by Gasteiger charge is -2.33. The Kier molecular flexibility index (Phi) is 6.28. The SMILES string of the molecule is O=C(NC1CCCN(Cc2ccccc2)C1)c1ccc(S(=O)(=O)C(F)(F)F)cc1. The molecule has 0 aromatic heterocycles. The molecule has 1 saturated heterocycles. The second kappa shape index (κ2) is 8.54. The summed E-state index contributed by atoms with van der Waals surface area (Å²) >= 11 is 0. The van der Waals surface area contributed by atoms with Gasteiger partial charge in [0.2, 0.25) is 0 Å². The van der Waals surface area contributed by atoms with Crippen LogP contribution in [0.4, 0.5) is 13.2 Å². The number of hydrogen-bond acceptors (Lipinski definition) is 4. The Morgan fingerprint density at radius 2 is 1.72 bits per heavy atom. The number of rotatable bonds is 5. The van der Waals surface area contributed by atoms with Crippen molar-refractivity contribution in [2.75, 3.05) is 13.1 Å². The van der Waals surface area contributed by atoms with Crippen molar-refractivity contribution >= 4 is 15.7 Å². The van der Waals surface area contributed by atoms with Crippen LogP contribution in [0.1, 0.15) is 28.8 Å². The molecule has 29 heavy (non-hydrogen) atoms. The third kappa shape index (κ3) is 5.16. The maximum absolute atomic E-state index is 12.6. The summed E-state index contributed by atoms with van der Waals surface area (Å²) in [6, 6.07) is 13.7. The Morgan fingerprint density at radius 3 is 2.34 bits per heavy atom. The van der Waals surface area contributed by atoms with Crippen molar-refractivity contribution in [1.29, 1.82) is 0 Å². The van der Waals surface area contributed by atoms with Gasteiger partial charge in [0.15, 0.2) is 0 Å². The van der Waals surface area contributed by atoms with Crippen LogP contribution in [0.15, 0.2) is 59.5 Å². The molecule has 0 bridgehead atoms. The van der Waals surface area contributed by atoms with Crippen molar-refractivity contribution in [2.45, 2.75) is 35.8 Å². The smallest absolute Gasteiger partial charge is 0.348 e. The number of nitrogens with one attached hydrogen (secondary N) is 1. The quantitative estimate of drug-likeness (QED) is 0.796. The van der Waals surface area contributed by atoms with Crippen molar-refractivity contribution in [1.82, 2.24) is 10.2 Å². The second-order valence-electron chi connectivity index (χ2n) is 7.01. The first-order valence-corrected chi connectivity index (χ1v) is 10.6. The van der Waals surface area contributed by atoms with Crippen LogP contribution in [-0.4, -0.2) is 43.9 Å². The van der Waals surface area contributed by atoms with Gasteiger partial charge in [-0.15, -0.1) is 0 Å². The van der Waals surface area contributed by atoms with E-state index in [0.29, 0.717) is 6.54 Å². The number of hydrogen-bond donors (Lipinski definition) is 1. The molecule has 2 aromatic rings. The molecule has 1 heterocycles. The Bertz CT molecular complexity index is 945. The number of likely N-dealkylation sites (tertiary alicyclic amines) is 1. The van der Waals surface area contributed by atoms with Crippen LogP contribution in [0.3, 0.4) is 0 Å². The second-order valence-corrected chi connectivity index (χ2v) is 8.95. The van der Waals surface area contributed by atoms with Gasteiger partial charge < -0.3 is 5.32 Å². The molecule has 3 rings (SSSR count). The lowest BCUT2D eigenvalue weighted by molar-refractivity contribution is -0.0436. The number of benzene rings is 2. The van der Waals surface area contributed by atoms with E-state index in [1.807, 2.05) is 30.3 Å². The first-order chi connectivity index (χ1) is 13.7. The van der Waals surface area contributed by atoms with Gasteiger partial charge in [-0.3, -0.25) is 9.69 Å². The Morgan fingerprint density at radius 1 is 1.07 bits per heavy atom. The van der Waals surface area contributed by atoms with Crippen molar-refractivity contribution in [3.63, 3.8) is 0 Å². The maximum Gasteiger partial charge on any atom is 0.501 e. The minimum absolute atomic E-state index is 0.0847. The zero-order chi connectivity index (χ0) is 21.1. The molecule has 5 nitrogen and oxygen atoms in total. The van der Waals surface area contributed by atoms with E-state index in [2.05, 4.69) is 10.2 Å². The first-order valence-electron chi connectivity index (χ1n) is 9.15. The van der Waals surface area contributed by atoms with E-state index in [1.165, 1.54) is 5.56 Å². The Balaban J connectivity index is 1.61. The third-order valence-corrected chi connectivity index (χ3v) is 6.32. The van der Waals surface area contributed by atoms with Crippen LogP contribution in [0.5, 0.6) is 0 Å². The Hall–Kier alpha value is -2.39. The summed E-state index contributed by atoms with van der Waals surface area (Å²) in [5.74, 6) is -0.437. The van der Waals surface area contributed by atoms with Crippen LogP contribution >= 0.6 is 0 Å². The number of carbonyl (C=O) groups excluding carboxylic acids is 1. The molecule has 156 valence electrons. The number of alkyl halides is 3. The van der Waals surface area contributed by atoms with Gasteiger partial charge in [0.1, 0.15) is 0 Å². The molecule has 1 amide bonds. The van der Waals surface area contributed by atoms with Crippen LogP contribution < -0.4 is 5.32 Å². The van der Waals surface area contributed by atoms with E-state index in [4.69, 9.17) is 0 Å². The Labute approximate surface area is 167 Å². The molecule has 1 unspecified atom stereocenters. The standard InChI is InChI=1S/C20H21F3N2O3S/c21-20(22,23)29(27,28)18-10-8-16(9-11-18)19(26)24-17-7-4-12-25(14-17)13-15-5-2-1-3-6-15/h1-3,5-6,8-11,17H,4,7,12-14H2,(H,24,26). The lowest BCUT2D eigenvalue weighted by atomic mass is 10.0. The summed E-state index contributed by atoms with van der Waals surface area (Å²) in [4.78, 5) is 13.8. The first kappa shape index (κ1) is 21.3. The van der Waals surface area contributed by atoms with Gasteiger partial charge >= 0.3 is 5.51 Å². The van der Waals surface area contributed by atoms with Gasteiger partial charge in [-0.1, -0.05) is 30.3 Å². The fourth-order valence-electron chi connectivity index (χ4n) is 3.35. The molecule has 2 aromatic carbocycles. The van der Waals surface area contributed by atoms with Crippen LogP contribution in [-0.2, 0) is 16.4 Å². The average Bonchev–Trinajstić information content (AvgIpc) is 2.68. The van der Waals surface area contributed by atoms with E-state index >= 15 is 0 Å². The molecule has 1 N–H and O–H groups in total. The van der Waals surface area contributed by atoms with Crippen molar-refractivity contribution < 1.29 is 26.4 Å². The lowest BCUT2D eigenvalue weighted by Crippen LogP contribution is -2.47. The molecule has 0 aliphatic carbocycles. The molecule has 0 spiro atoms. The maximum atomic E-state index is 12.6.